The molecule has 1 aliphatic rings. The Morgan fingerprint density at radius 1 is 1.24 bits per heavy atom. The fraction of sp³-hybridized carbons (Fsp3) is 0.412. The second kappa shape index (κ2) is 6.12. The van der Waals surface area contributed by atoms with E-state index in [1.165, 1.54) is 5.56 Å². The number of carbonyl (C=O) groups is 1. The molecule has 110 valence electrons. The fourth-order valence-corrected chi connectivity index (χ4v) is 2.73. The van der Waals surface area contributed by atoms with Crippen molar-refractivity contribution in [3.05, 3.63) is 53.9 Å². The number of hydrogen-bond acceptors (Lipinski definition) is 2. The average molecular weight is 283 g/mol. The molecule has 2 heterocycles. The summed E-state index contributed by atoms with van der Waals surface area (Å²) in [7, 11) is 0. The molecule has 0 unspecified atom stereocenters. The number of nitrogens with zero attached hydrogens (tertiary/aromatic N) is 3. The van der Waals surface area contributed by atoms with Crippen molar-refractivity contribution in [1.82, 2.24) is 14.7 Å². The van der Waals surface area contributed by atoms with E-state index >= 15 is 0 Å². The van der Waals surface area contributed by atoms with Gasteiger partial charge in [-0.05, 0) is 24.3 Å². The molecule has 0 aliphatic carbocycles. The van der Waals surface area contributed by atoms with Gasteiger partial charge in [0.1, 0.15) is 0 Å². The maximum absolute atomic E-state index is 12.4. The molecule has 0 saturated carbocycles. The molecule has 1 amide bonds. The molecule has 21 heavy (non-hydrogen) atoms. The predicted octanol–water partition coefficient (Wildman–Crippen LogP) is 2.80. The van der Waals surface area contributed by atoms with Crippen LogP contribution in [0.5, 0.6) is 0 Å². The Kier molecular flexibility index (Phi) is 4.04. The second-order valence-corrected chi connectivity index (χ2v) is 5.89. The third-order valence-corrected chi connectivity index (χ3v) is 4.14. The smallest absolute Gasteiger partial charge is 0.257 e. The molecular weight excluding hydrogens is 262 g/mol. The van der Waals surface area contributed by atoms with Gasteiger partial charge in [0.15, 0.2) is 0 Å². The normalized spacial score (nSPS) is 16.1. The summed E-state index contributed by atoms with van der Waals surface area (Å²) in [4.78, 5) is 14.4. The lowest BCUT2D eigenvalue weighted by atomic mass is 9.99. The van der Waals surface area contributed by atoms with Gasteiger partial charge in [-0.25, -0.2) is 0 Å². The maximum atomic E-state index is 12.4. The molecule has 1 fully saturated rings. The van der Waals surface area contributed by atoms with Crippen LogP contribution in [0.4, 0.5) is 0 Å². The number of carbonyl (C=O) groups excluding carboxylic acids is 1. The van der Waals surface area contributed by atoms with Gasteiger partial charge >= 0.3 is 0 Å². The van der Waals surface area contributed by atoms with Crippen LogP contribution in [0.15, 0.2) is 42.7 Å². The topological polar surface area (TPSA) is 38.1 Å². The minimum atomic E-state index is 0.112. The van der Waals surface area contributed by atoms with Gasteiger partial charge in [0.2, 0.25) is 0 Å². The van der Waals surface area contributed by atoms with E-state index in [2.05, 4.69) is 24.2 Å². The highest BCUT2D eigenvalue weighted by Crippen LogP contribution is 2.18. The van der Waals surface area contributed by atoms with Crippen molar-refractivity contribution in [3.8, 4) is 0 Å². The van der Waals surface area contributed by atoms with E-state index in [0.29, 0.717) is 12.1 Å². The van der Waals surface area contributed by atoms with Gasteiger partial charge in [-0.3, -0.25) is 9.48 Å². The maximum Gasteiger partial charge on any atom is 0.257 e. The molecule has 0 radical (unpaired) electrons. The first-order valence-electron chi connectivity index (χ1n) is 7.58. The van der Waals surface area contributed by atoms with E-state index in [-0.39, 0.29) is 5.91 Å². The standard InChI is InChI=1S/C17H21N3O/c1-14-7-9-19(10-8-14)17(21)16-11-18-20(13-16)12-15-5-3-2-4-6-15/h2-6,11,13-14H,7-10,12H2,1H3. The molecule has 0 spiro atoms. The Hall–Kier alpha value is -2.10. The number of hydrogen-bond donors (Lipinski definition) is 0. The van der Waals surface area contributed by atoms with Gasteiger partial charge in [0.25, 0.3) is 5.91 Å². The van der Waals surface area contributed by atoms with Crippen LogP contribution >= 0.6 is 0 Å². The molecular formula is C17H21N3O. The highest BCUT2D eigenvalue weighted by molar-refractivity contribution is 5.93. The Labute approximate surface area is 125 Å². The molecule has 1 aliphatic heterocycles. The number of aromatic nitrogens is 2. The molecule has 0 atom stereocenters. The minimum absolute atomic E-state index is 0.112. The van der Waals surface area contributed by atoms with Crippen LogP contribution in [0.1, 0.15) is 35.7 Å². The van der Waals surface area contributed by atoms with Crippen molar-refractivity contribution < 1.29 is 4.79 Å². The molecule has 4 heteroatoms. The van der Waals surface area contributed by atoms with Crippen LogP contribution in [0.25, 0.3) is 0 Å². The quantitative estimate of drug-likeness (QED) is 0.868. The van der Waals surface area contributed by atoms with Crippen molar-refractivity contribution in [2.45, 2.75) is 26.3 Å². The van der Waals surface area contributed by atoms with Crippen LogP contribution in [-0.4, -0.2) is 33.7 Å². The van der Waals surface area contributed by atoms with Crippen molar-refractivity contribution in [2.24, 2.45) is 5.92 Å². The fourth-order valence-electron chi connectivity index (χ4n) is 2.73. The molecule has 1 aromatic heterocycles. The van der Waals surface area contributed by atoms with Gasteiger partial charge < -0.3 is 4.90 Å². The summed E-state index contributed by atoms with van der Waals surface area (Å²) >= 11 is 0. The van der Waals surface area contributed by atoms with E-state index in [0.717, 1.165) is 31.8 Å². The van der Waals surface area contributed by atoms with Crippen LogP contribution in [0.2, 0.25) is 0 Å². The Morgan fingerprint density at radius 3 is 2.67 bits per heavy atom. The summed E-state index contributed by atoms with van der Waals surface area (Å²) in [5.41, 5.74) is 1.88. The lowest BCUT2D eigenvalue weighted by Gasteiger charge is -2.29. The zero-order valence-corrected chi connectivity index (χ0v) is 12.4. The Bertz CT molecular complexity index is 598. The monoisotopic (exact) mass is 283 g/mol. The molecule has 4 nitrogen and oxygen atoms in total. The highest BCUT2D eigenvalue weighted by Gasteiger charge is 2.22. The van der Waals surface area contributed by atoms with Gasteiger partial charge in [0, 0.05) is 19.3 Å². The van der Waals surface area contributed by atoms with E-state index in [1.54, 1.807) is 6.20 Å². The summed E-state index contributed by atoms with van der Waals surface area (Å²) in [5.74, 6) is 0.844. The molecule has 3 rings (SSSR count). The zero-order valence-electron chi connectivity index (χ0n) is 12.4. The minimum Gasteiger partial charge on any atom is -0.339 e. The number of benzene rings is 1. The lowest BCUT2D eigenvalue weighted by molar-refractivity contribution is 0.0697. The average Bonchev–Trinajstić information content (AvgIpc) is 2.97. The van der Waals surface area contributed by atoms with Crippen LogP contribution in [0, 0.1) is 5.92 Å². The van der Waals surface area contributed by atoms with Crippen molar-refractivity contribution in [1.29, 1.82) is 0 Å². The van der Waals surface area contributed by atoms with Gasteiger partial charge in [-0.2, -0.15) is 5.10 Å². The first-order valence-corrected chi connectivity index (χ1v) is 7.58. The summed E-state index contributed by atoms with van der Waals surface area (Å²) in [6.45, 7) is 4.68. The Morgan fingerprint density at radius 2 is 1.95 bits per heavy atom. The van der Waals surface area contributed by atoms with Crippen molar-refractivity contribution in [2.75, 3.05) is 13.1 Å². The molecule has 2 aromatic rings. The predicted molar refractivity (Wildman–Crippen MR) is 82.1 cm³/mol. The van der Waals surface area contributed by atoms with Crippen LogP contribution in [-0.2, 0) is 6.54 Å². The first kappa shape index (κ1) is 13.9. The second-order valence-electron chi connectivity index (χ2n) is 5.89. The van der Waals surface area contributed by atoms with Gasteiger partial charge in [0.05, 0.1) is 18.3 Å². The number of rotatable bonds is 3. The molecule has 1 saturated heterocycles. The van der Waals surface area contributed by atoms with Crippen LogP contribution < -0.4 is 0 Å². The SMILES string of the molecule is CC1CCN(C(=O)c2cnn(Cc3ccccc3)c2)CC1. The summed E-state index contributed by atoms with van der Waals surface area (Å²) in [6.07, 6.45) is 5.74. The van der Waals surface area contributed by atoms with E-state index in [1.807, 2.05) is 34.0 Å². The summed E-state index contributed by atoms with van der Waals surface area (Å²) in [6, 6.07) is 10.2. The van der Waals surface area contributed by atoms with E-state index in [4.69, 9.17) is 0 Å². The largest absolute Gasteiger partial charge is 0.339 e. The summed E-state index contributed by atoms with van der Waals surface area (Å²) < 4.78 is 1.83. The Balaban J connectivity index is 1.66. The number of amides is 1. The van der Waals surface area contributed by atoms with Gasteiger partial charge in [-0.15, -0.1) is 0 Å². The molecule has 1 aromatic carbocycles. The van der Waals surface area contributed by atoms with Crippen molar-refractivity contribution in [3.63, 3.8) is 0 Å². The summed E-state index contributed by atoms with van der Waals surface area (Å²) in [5, 5.41) is 4.31. The van der Waals surface area contributed by atoms with Crippen molar-refractivity contribution >= 4 is 5.91 Å². The van der Waals surface area contributed by atoms with Gasteiger partial charge in [-0.1, -0.05) is 37.3 Å². The molecule has 0 bridgehead atoms. The number of piperidine rings is 1. The third-order valence-electron chi connectivity index (χ3n) is 4.14. The number of likely N-dealkylation sites (tertiary alicyclic amines) is 1. The first-order chi connectivity index (χ1) is 10.2. The lowest BCUT2D eigenvalue weighted by Crippen LogP contribution is -2.37. The van der Waals surface area contributed by atoms with E-state index < -0.39 is 0 Å². The third kappa shape index (κ3) is 3.32. The zero-order chi connectivity index (χ0) is 14.7. The highest BCUT2D eigenvalue weighted by atomic mass is 16.2. The molecule has 0 N–H and O–H groups in total. The van der Waals surface area contributed by atoms with E-state index in [9.17, 15) is 4.79 Å². The van der Waals surface area contributed by atoms with Crippen LogP contribution in [0.3, 0.4) is 0 Å².